The molecule has 0 aliphatic carbocycles. The summed E-state index contributed by atoms with van der Waals surface area (Å²) >= 11 is 0. The summed E-state index contributed by atoms with van der Waals surface area (Å²) in [5.41, 5.74) is 2.45. The highest BCUT2D eigenvalue weighted by Gasteiger charge is 2.29. The predicted octanol–water partition coefficient (Wildman–Crippen LogP) is 3.04. The van der Waals surface area contributed by atoms with Gasteiger partial charge >= 0.3 is 0 Å². The standard InChI is InChI=1S/C23H28N6O/c1-2-28-14-11-19(12-15-28)29(16-10-18-7-5-6-13-24-18)23(30)21-9-4-3-8-20(21)22-25-17-26-27-22/h3-9,13,17,19H,2,10-12,14-16H2,1H3,(H,25,26,27). The molecule has 0 atom stereocenters. The molecule has 1 aliphatic rings. The Morgan fingerprint density at radius 1 is 1.13 bits per heavy atom. The molecule has 1 saturated heterocycles. The van der Waals surface area contributed by atoms with Crippen molar-refractivity contribution in [1.82, 2.24) is 30.0 Å². The van der Waals surface area contributed by atoms with Crippen LogP contribution in [0.3, 0.4) is 0 Å². The Hall–Kier alpha value is -3.06. The van der Waals surface area contributed by atoms with E-state index < -0.39 is 0 Å². The van der Waals surface area contributed by atoms with Crippen molar-refractivity contribution in [3.63, 3.8) is 0 Å². The van der Waals surface area contributed by atoms with Crippen LogP contribution >= 0.6 is 0 Å². The fourth-order valence-electron chi connectivity index (χ4n) is 4.14. The topological polar surface area (TPSA) is 78.0 Å². The number of aromatic amines is 1. The maximum Gasteiger partial charge on any atom is 0.254 e. The van der Waals surface area contributed by atoms with E-state index in [9.17, 15) is 4.79 Å². The van der Waals surface area contributed by atoms with E-state index in [0.29, 0.717) is 17.9 Å². The number of nitrogens with zero attached hydrogens (tertiary/aromatic N) is 5. The van der Waals surface area contributed by atoms with Gasteiger partial charge in [0.25, 0.3) is 5.91 Å². The first-order chi connectivity index (χ1) is 14.8. The molecule has 4 rings (SSSR count). The number of amides is 1. The highest BCUT2D eigenvalue weighted by molar-refractivity contribution is 6.00. The number of pyridine rings is 1. The molecular weight excluding hydrogens is 376 g/mol. The van der Waals surface area contributed by atoms with Gasteiger partial charge in [0.15, 0.2) is 5.82 Å². The van der Waals surface area contributed by atoms with Crippen LogP contribution < -0.4 is 0 Å². The zero-order chi connectivity index (χ0) is 20.8. The number of benzene rings is 1. The van der Waals surface area contributed by atoms with E-state index >= 15 is 0 Å². The first-order valence-electron chi connectivity index (χ1n) is 10.6. The lowest BCUT2D eigenvalue weighted by atomic mass is 9.99. The van der Waals surface area contributed by atoms with E-state index in [0.717, 1.165) is 50.2 Å². The fraction of sp³-hybridized carbons (Fsp3) is 0.391. The summed E-state index contributed by atoms with van der Waals surface area (Å²) in [6.07, 6.45) is 6.00. The van der Waals surface area contributed by atoms with E-state index in [1.807, 2.05) is 42.5 Å². The van der Waals surface area contributed by atoms with Gasteiger partial charge in [-0.05, 0) is 37.6 Å². The molecule has 1 fully saturated rings. The molecule has 0 radical (unpaired) electrons. The van der Waals surface area contributed by atoms with E-state index in [-0.39, 0.29) is 11.9 Å². The zero-order valence-corrected chi connectivity index (χ0v) is 17.4. The van der Waals surface area contributed by atoms with Gasteiger partial charge in [0.05, 0.1) is 5.56 Å². The summed E-state index contributed by atoms with van der Waals surface area (Å²) in [6, 6.07) is 13.8. The number of piperidine rings is 1. The van der Waals surface area contributed by atoms with Crippen molar-refractivity contribution in [3.8, 4) is 11.4 Å². The van der Waals surface area contributed by atoms with Crippen LogP contribution in [0.15, 0.2) is 55.0 Å². The summed E-state index contributed by atoms with van der Waals surface area (Å²) in [7, 11) is 0. The van der Waals surface area contributed by atoms with Gasteiger partial charge in [-0.1, -0.05) is 31.2 Å². The molecule has 7 nitrogen and oxygen atoms in total. The van der Waals surface area contributed by atoms with E-state index in [2.05, 4.69) is 36.9 Å². The smallest absolute Gasteiger partial charge is 0.254 e. The molecule has 2 aromatic heterocycles. The molecule has 0 bridgehead atoms. The minimum atomic E-state index is 0.0490. The van der Waals surface area contributed by atoms with Crippen LogP contribution in [0, 0.1) is 0 Å². The van der Waals surface area contributed by atoms with E-state index in [1.54, 1.807) is 6.20 Å². The first-order valence-corrected chi connectivity index (χ1v) is 10.6. The number of rotatable bonds is 7. The highest BCUT2D eigenvalue weighted by atomic mass is 16.2. The van der Waals surface area contributed by atoms with Gasteiger partial charge in [-0.3, -0.25) is 14.9 Å². The Morgan fingerprint density at radius 3 is 2.63 bits per heavy atom. The van der Waals surface area contributed by atoms with Crippen molar-refractivity contribution in [3.05, 3.63) is 66.2 Å². The molecule has 1 aromatic carbocycles. The van der Waals surface area contributed by atoms with Crippen molar-refractivity contribution in [2.24, 2.45) is 0 Å². The van der Waals surface area contributed by atoms with Gasteiger partial charge in [-0.2, -0.15) is 5.10 Å². The number of carbonyl (C=O) groups excluding carboxylic acids is 1. The number of hydrogen-bond donors (Lipinski definition) is 1. The third kappa shape index (κ3) is 4.57. The Balaban J connectivity index is 1.59. The Kier molecular flexibility index (Phi) is 6.49. The molecule has 0 saturated carbocycles. The van der Waals surface area contributed by atoms with E-state index in [4.69, 9.17) is 0 Å². The van der Waals surface area contributed by atoms with Crippen LogP contribution in [0.4, 0.5) is 0 Å². The molecule has 3 heterocycles. The van der Waals surface area contributed by atoms with E-state index in [1.165, 1.54) is 6.33 Å². The predicted molar refractivity (Wildman–Crippen MR) is 116 cm³/mol. The zero-order valence-electron chi connectivity index (χ0n) is 17.4. The van der Waals surface area contributed by atoms with Gasteiger partial charge in [-0.25, -0.2) is 4.98 Å². The number of aromatic nitrogens is 4. The molecular formula is C23H28N6O. The molecule has 1 aliphatic heterocycles. The second-order valence-electron chi connectivity index (χ2n) is 7.61. The largest absolute Gasteiger partial charge is 0.335 e. The van der Waals surface area contributed by atoms with Crippen LogP contribution in [-0.2, 0) is 6.42 Å². The van der Waals surface area contributed by atoms with Crippen molar-refractivity contribution < 1.29 is 4.79 Å². The van der Waals surface area contributed by atoms with Crippen LogP contribution in [0.2, 0.25) is 0 Å². The van der Waals surface area contributed by atoms with Gasteiger partial charge in [0.1, 0.15) is 6.33 Å². The van der Waals surface area contributed by atoms with Crippen molar-refractivity contribution >= 4 is 5.91 Å². The molecule has 1 amide bonds. The van der Waals surface area contributed by atoms with Crippen molar-refractivity contribution in [1.29, 1.82) is 0 Å². The van der Waals surface area contributed by atoms with Crippen LogP contribution in [0.1, 0.15) is 35.8 Å². The van der Waals surface area contributed by atoms with Crippen molar-refractivity contribution in [2.75, 3.05) is 26.2 Å². The SMILES string of the molecule is CCN1CCC(N(CCc2ccccn2)C(=O)c2ccccc2-c2ncn[nH]2)CC1. The minimum absolute atomic E-state index is 0.0490. The quantitative estimate of drug-likeness (QED) is 0.655. The summed E-state index contributed by atoms with van der Waals surface area (Å²) in [5, 5.41) is 6.84. The second-order valence-corrected chi connectivity index (χ2v) is 7.61. The maximum absolute atomic E-state index is 13.8. The lowest BCUT2D eigenvalue weighted by molar-refractivity contribution is 0.0580. The van der Waals surface area contributed by atoms with Crippen LogP contribution in [0.5, 0.6) is 0 Å². The summed E-state index contributed by atoms with van der Waals surface area (Å²) in [4.78, 5) is 27.0. The third-order valence-electron chi connectivity index (χ3n) is 5.87. The second kappa shape index (κ2) is 9.63. The van der Waals surface area contributed by atoms with Gasteiger partial charge in [0.2, 0.25) is 0 Å². The fourth-order valence-corrected chi connectivity index (χ4v) is 4.14. The number of nitrogens with one attached hydrogen (secondary N) is 1. The summed E-state index contributed by atoms with van der Waals surface area (Å²) < 4.78 is 0. The van der Waals surface area contributed by atoms with Crippen LogP contribution in [0.25, 0.3) is 11.4 Å². The molecule has 7 heteroatoms. The lowest BCUT2D eigenvalue weighted by Crippen LogP contribution is -2.48. The molecule has 30 heavy (non-hydrogen) atoms. The molecule has 0 unspecified atom stereocenters. The monoisotopic (exact) mass is 404 g/mol. The van der Waals surface area contributed by atoms with Crippen molar-refractivity contribution in [2.45, 2.75) is 32.2 Å². The number of likely N-dealkylation sites (tertiary alicyclic amines) is 1. The average molecular weight is 405 g/mol. The third-order valence-corrected chi connectivity index (χ3v) is 5.87. The normalized spacial score (nSPS) is 15.2. The minimum Gasteiger partial charge on any atom is -0.335 e. The summed E-state index contributed by atoms with van der Waals surface area (Å²) in [6.45, 7) is 5.95. The number of H-pyrrole nitrogens is 1. The number of hydrogen-bond acceptors (Lipinski definition) is 5. The maximum atomic E-state index is 13.8. The first kappa shape index (κ1) is 20.2. The summed E-state index contributed by atoms with van der Waals surface area (Å²) in [5.74, 6) is 0.664. The lowest BCUT2D eigenvalue weighted by Gasteiger charge is -2.38. The molecule has 156 valence electrons. The average Bonchev–Trinajstić information content (AvgIpc) is 3.35. The van der Waals surface area contributed by atoms with Gasteiger partial charge < -0.3 is 9.80 Å². The molecule has 0 spiro atoms. The number of carbonyl (C=O) groups is 1. The Labute approximate surface area is 177 Å². The molecule has 3 aromatic rings. The highest BCUT2D eigenvalue weighted by Crippen LogP contribution is 2.25. The van der Waals surface area contributed by atoms with Crippen LogP contribution in [-0.4, -0.2) is 68.1 Å². The molecule has 1 N–H and O–H groups in total. The van der Waals surface area contributed by atoms with Gasteiger partial charge in [0, 0.05) is 49.6 Å². The Morgan fingerprint density at radius 2 is 1.93 bits per heavy atom. The van der Waals surface area contributed by atoms with Gasteiger partial charge in [-0.15, -0.1) is 0 Å². The Bertz CT molecular complexity index is 935.